The number of amides is 2. The van der Waals surface area contributed by atoms with Crippen LogP contribution in [-0.2, 0) is 20.5 Å². The molecule has 4 aliphatic rings. The molecule has 2 fully saturated rings. The fraction of sp³-hybridized carbons (Fsp3) is 0.276. The quantitative estimate of drug-likeness (QED) is 0.563. The number of rotatable bonds is 2. The number of aryl methyl sites for hydroxylation is 1. The van der Waals surface area contributed by atoms with E-state index in [-0.39, 0.29) is 23.6 Å². The number of anilines is 2. The number of para-hydroxylation sites is 2. The minimum absolute atomic E-state index is 0.170. The summed E-state index contributed by atoms with van der Waals surface area (Å²) in [6.07, 6.45) is 1.61. The Morgan fingerprint density at radius 3 is 2.46 bits per heavy atom. The normalized spacial score (nSPS) is 30.3. The van der Waals surface area contributed by atoms with Crippen LogP contribution >= 0.6 is 0 Å². The average Bonchev–Trinajstić information content (AvgIpc) is 3.59. The SMILES string of the molecule is Cc1cccc2c1NC(=O)[C@]21[C@H](C(=O)c2ccccc2)[C@@]2(C(=O)Nc3ccccc32)[C@@H]2CCCN21. The third-order valence-corrected chi connectivity index (χ3v) is 8.69. The lowest BCUT2D eigenvalue weighted by Crippen LogP contribution is -2.55. The Morgan fingerprint density at radius 2 is 1.63 bits per heavy atom. The zero-order valence-electron chi connectivity index (χ0n) is 19.4. The first-order valence-corrected chi connectivity index (χ1v) is 12.2. The van der Waals surface area contributed by atoms with E-state index >= 15 is 0 Å². The summed E-state index contributed by atoms with van der Waals surface area (Å²) in [6.45, 7) is 2.62. The summed E-state index contributed by atoms with van der Waals surface area (Å²) in [5.74, 6) is -1.47. The predicted molar refractivity (Wildman–Crippen MR) is 132 cm³/mol. The molecule has 174 valence electrons. The average molecular weight is 464 g/mol. The number of nitrogens with one attached hydrogen (secondary N) is 2. The Hall–Kier alpha value is -3.77. The van der Waals surface area contributed by atoms with E-state index in [4.69, 9.17) is 0 Å². The summed E-state index contributed by atoms with van der Waals surface area (Å²) in [5.41, 5.74) is 2.16. The number of Topliss-reactive ketones (excluding diaryl/α,β-unsaturated/α-hetero) is 1. The fourth-order valence-corrected chi connectivity index (χ4v) is 7.49. The second-order valence-corrected chi connectivity index (χ2v) is 10.1. The van der Waals surface area contributed by atoms with Crippen molar-refractivity contribution in [1.82, 2.24) is 4.90 Å². The van der Waals surface area contributed by atoms with Gasteiger partial charge in [-0.05, 0) is 43.5 Å². The van der Waals surface area contributed by atoms with E-state index in [1.54, 1.807) is 12.1 Å². The predicted octanol–water partition coefficient (Wildman–Crippen LogP) is 4.01. The van der Waals surface area contributed by atoms with Gasteiger partial charge in [-0.1, -0.05) is 66.7 Å². The third kappa shape index (κ3) is 2.26. The molecule has 2 N–H and O–H groups in total. The highest BCUT2D eigenvalue weighted by Gasteiger charge is 2.78. The summed E-state index contributed by atoms with van der Waals surface area (Å²) in [6, 6.07) is 22.4. The first kappa shape index (κ1) is 20.6. The van der Waals surface area contributed by atoms with Crippen molar-refractivity contribution in [2.45, 2.75) is 36.8 Å². The van der Waals surface area contributed by atoms with E-state index in [2.05, 4.69) is 15.5 Å². The molecule has 2 spiro atoms. The molecule has 3 aromatic carbocycles. The van der Waals surface area contributed by atoms with Gasteiger partial charge in [-0.25, -0.2) is 0 Å². The Morgan fingerprint density at radius 1 is 0.886 bits per heavy atom. The van der Waals surface area contributed by atoms with Crippen molar-refractivity contribution in [3.05, 3.63) is 95.1 Å². The van der Waals surface area contributed by atoms with Gasteiger partial charge in [0.2, 0.25) is 11.8 Å². The number of nitrogens with zero attached hydrogens (tertiary/aromatic N) is 1. The maximum Gasteiger partial charge on any atom is 0.250 e. The molecule has 3 aromatic rings. The molecule has 4 aliphatic heterocycles. The molecule has 2 amide bonds. The largest absolute Gasteiger partial charge is 0.325 e. The monoisotopic (exact) mass is 463 g/mol. The van der Waals surface area contributed by atoms with E-state index in [9.17, 15) is 14.4 Å². The Kier molecular flexibility index (Phi) is 4.05. The molecule has 0 radical (unpaired) electrons. The lowest BCUT2D eigenvalue weighted by Gasteiger charge is -2.38. The molecule has 4 atom stereocenters. The molecule has 2 saturated heterocycles. The molecule has 4 heterocycles. The van der Waals surface area contributed by atoms with Crippen molar-refractivity contribution in [1.29, 1.82) is 0 Å². The van der Waals surface area contributed by atoms with Crippen LogP contribution in [0.1, 0.15) is 39.9 Å². The van der Waals surface area contributed by atoms with Crippen LogP contribution in [0.3, 0.4) is 0 Å². The first-order chi connectivity index (χ1) is 17.0. The van der Waals surface area contributed by atoms with Crippen LogP contribution in [0, 0.1) is 12.8 Å². The second-order valence-electron chi connectivity index (χ2n) is 10.1. The number of fused-ring (bicyclic) bond motifs is 7. The van der Waals surface area contributed by atoms with Crippen molar-refractivity contribution in [2.75, 3.05) is 17.2 Å². The highest BCUT2D eigenvalue weighted by atomic mass is 16.2. The topological polar surface area (TPSA) is 78.5 Å². The van der Waals surface area contributed by atoms with Crippen LogP contribution in [0.25, 0.3) is 0 Å². The zero-order valence-corrected chi connectivity index (χ0v) is 19.4. The third-order valence-electron chi connectivity index (χ3n) is 8.69. The molecule has 0 saturated carbocycles. The van der Waals surface area contributed by atoms with E-state index in [1.165, 1.54) is 0 Å². The molecule has 0 bridgehead atoms. The molecular weight excluding hydrogens is 438 g/mol. The summed E-state index contributed by atoms with van der Waals surface area (Å²) in [4.78, 5) is 45.2. The van der Waals surface area contributed by atoms with Gasteiger partial charge in [0.05, 0.1) is 5.92 Å². The van der Waals surface area contributed by atoms with E-state index < -0.39 is 16.9 Å². The van der Waals surface area contributed by atoms with Gasteiger partial charge in [0, 0.05) is 28.5 Å². The van der Waals surface area contributed by atoms with Crippen LogP contribution in [0.4, 0.5) is 11.4 Å². The number of ketones is 1. The van der Waals surface area contributed by atoms with Gasteiger partial charge in [0.25, 0.3) is 0 Å². The van der Waals surface area contributed by atoms with Crippen molar-refractivity contribution < 1.29 is 14.4 Å². The minimum Gasteiger partial charge on any atom is -0.325 e. The van der Waals surface area contributed by atoms with Gasteiger partial charge >= 0.3 is 0 Å². The van der Waals surface area contributed by atoms with Crippen LogP contribution < -0.4 is 10.6 Å². The summed E-state index contributed by atoms with van der Waals surface area (Å²) in [7, 11) is 0. The van der Waals surface area contributed by atoms with E-state index in [1.807, 2.05) is 67.6 Å². The molecule has 7 rings (SSSR count). The standard InChI is InChI=1S/C29H25N3O3/c1-17-9-7-13-20-23(17)31-27(35)29(20)25(24(33)18-10-3-2-4-11-18)28(22-15-8-16-32(22)29)19-12-5-6-14-21(19)30-26(28)34/h2-7,9-14,22,25H,8,15-16H2,1H3,(H,30,34)(H,31,35)/t22-,25+,28-,29+/m0/s1. The van der Waals surface area contributed by atoms with Gasteiger partial charge in [-0.3, -0.25) is 19.3 Å². The van der Waals surface area contributed by atoms with Gasteiger partial charge in [0.1, 0.15) is 11.0 Å². The van der Waals surface area contributed by atoms with E-state index in [0.29, 0.717) is 12.1 Å². The van der Waals surface area contributed by atoms with Crippen molar-refractivity contribution >= 4 is 29.0 Å². The number of hydrogen-bond acceptors (Lipinski definition) is 4. The van der Waals surface area contributed by atoms with Crippen LogP contribution in [0.15, 0.2) is 72.8 Å². The zero-order chi connectivity index (χ0) is 23.9. The number of hydrogen-bond donors (Lipinski definition) is 2. The van der Waals surface area contributed by atoms with Crippen LogP contribution in [0.2, 0.25) is 0 Å². The molecule has 6 nitrogen and oxygen atoms in total. The summed E-state index contributed by atoms with van der Waals surface area (Å²) in [5, 5.41) is 6.21. The van der Waals surface area contributed by atoms with Crippen molar-refractivity contribution in [2.24, 2.45) is 5.92 Å². The maximum absolute atomic E-state index is 14.6. The van der Waals surface area contributed by atoms with Gasteiger partial charge in [0.15, 0.2) is 5.78 Å². The second kappa shape index (κ2) is 6.89. The molecule has 35 heavy (non-hydrogen) atoms. The molecule has 0 aliphatic carbocycles. The highest BCUT2D eigenvalue weighted by Crippen LogP contribution is 2.66. The van der Waals surface area contributed by atoms with Crippen molar-refractivity contribution in [3.63, 3.8) is 0 Å². The maximum atomic E-state index is 14.6. The van der Waals surface area contributed by atoms with Crippen molar-refractivity contribution in [3.8, 4) is 0 Å². The number of carbonyl (C=O) groups is 3. The van der Waals surface area contributed by atoms with E-state index in [0.717, 1.165) is 40.9 Å². The lowest BCUT2D eigenvalue weighted by atomic mass is 9.60. The summed E-state index contributed by atoms with van der Waals surface area (Å²) >= 11 is 0. The Balaban J connectivity index is 1.60. The number of benzene rings is 3. The van der Waals surface area contributed by atoms with Gasteiger partial charge in [-0.2, -0.15) is 0 Å². The molecule has 0 aromatic heterocycles. The molecular formula is C29H25N3O3. The van der Waals surface area contributed by atoms with Crippen LogP contribution in [-0.4, -0.2) is 35.1 Å². The molecule has 0 unspecified atom stereocenters. The fourth-order valence-electron chi connectivity index (χ4n) is 7.49. The molecule has 6 heteroatoms. The Bertz CT molecular complexity index is 1430. The summed E-state index contributed by atoms with van der Waals surface area (Å²) < 4.78 is 0. The first-order valence-electron chi connectivity index (χ1n) is 12.2. The number of carbonyl (C=O) groups excluding carboxylic acids is 3. The van der Waals surface area contributed by atoms with Gasteiger partial charge in [-0.15, -0.1) is 0 Å². The lowest BCUT2D eigenvalue weighted by molar-refractivity contribution is -0.128. The van der Waals surface area contributed by atoms with Crippen LogP contribution in [0.5, 0.6) is 0 Å². The smallest absolute Gasteiger partial charge is 0.250 e. The Labute approximate surface area is 203 Å². The minimum atomic E-state index is -1.26. The highest BCUT2D eigenvalue weighted by molar-refractivity contribution is 6.19. The van der Waals surface area contributed by atoms with Gasteiger partial charge < -0.3 is 10.6 Å².